The van der Waals surface area contributed by atoms with Gasteiger partial charge in [0.05, 0.1) is 6.42 Å². The molecule has 3 rings (SSSR count). The molecule has 0 saturated carbocycles. The van der Waals surface area contributed by atoms with E-state index in [9.17, 15) is 4.79 Å². The van der Waals surface area contributed by atoms with E-state index in [1.807, 2.05) is 28.8 Å². The van der Waals surface area contributed by atoms with Crippen LogP contribution in [0.15, 0.2) is 42.7 Å². The highest BCUT2D eigenvalue weighted by molar-refractivity contribution is 5.78. The van der Waals surface area contributed by atoms with Crippen molar-refractivity contribution in [2.75, 3.05) is 0 Å². The van der Waals surface area contributed by atoms with Crippen LogP contribution in [-0.4, -0.2) is 20.6 Å². The van der Waals surface area contributed by atoms with Crippen LogP contribution in [0, 0.1) is 11.3 Å². The minimum Gasteiger partial charge on any atom is -0.406 e. The molecular formula is C18H16N4O2. The highest BCUT2D eigenvalue weighted by Gasteiger charge is 2.12. The molecule has 0 unspecified atom stereocenters. The lowest BCUT2D eigenvalue weighted by molar-refractivity contribution is -0.133. The van der Waals surface area contributed by atoms with Crippen molar-refractivity contribution in [3.8, 4) is 11.9 Å². The summed E-state index contributed by atoms with van der Waals surface area (Å²) in [5.41, 5.74) is 3.27. The number of hydrogen-bond acceptors (Lipinski definition) is 5. The van der Waals surface area contributed by atoms with Crippen molar-refractivity contribution in [3.05, 3.63) is 59.5 Å². The summed E-state index contributed by atoms with van der Waals surface area (Å²) < 4.78 is 7.18. The van der Waals surface area contributed by atoms with Gasteiger partial charge in [0, 0.05) is 24.0 Å². The highest BCUT2D eigenvalue weighted by atomic mass is 16.5. The Bertz CT molecular complexity index is 920. The molecule has 24 heavy (non-hydrogen) atoms. The van der Waals surface area contributed by atoms with Crippen LogP contribution in [-0.2, 0) is 11.2 Å². The molecule has 3 aromatic heterocycles. The Kier molecular flexibility index (Phi) is 4.25. The number of pyridine rings is 1. The average molecular weight is 320 g/mol. The monoisotopic (exact) mass is 320 g/mol. The Labute approximate surface area is 139 Å². The lowest BCUT2D eigenvalue weighted by atomic mass is 10.1. The third-order valence-electron chi connectivity index (χ3n) is 3.74. The van der Waals surface area contributed by atoms with Crippen molar-refractivity contribution < 1.29 is 9.53 Å². The van der Waals surface area contributed by atoms with Crippen LogP contribution >= 0.6 is 0 Å². The third-order valence-corrected chi connectivity index (χ3v) is 3.74. The first-order chi connectivity index (χ1) is 11.6. The number of aromatic nitrogens is 3. The molecular weight excluding hydrogens is 304 g/mol. The summed E-state index contributed by atoms with van der Waals surface area (Å²) in [4.78, 5) is 12.1. The number of carbonyl (C=O) groups excluding carboxylic acids is 1. The van der Waals surface area contributed by atoms with Crippen LogP contribution in [0.25, 0.3) is 5.52 Å². The minimum absolute atomic E-state index is 0.0876. The molecule has 0 fully saturated rings. The van der Waals surface area contributed by atoms with Crippen LogP contribution in [0.1, 0.15) is 36.6 Å². The highest BCUT2D eigenvalue weighted by Crippen LogP contribution is 2.19. The van der Waals surface area contributed by atoms with Gasteiger partial charge in [-0.1, -0.05) is 19.9 Å². The van der Waals surface area contributed by atoms with Crippen molar-refractivity contribution in [1.29, 1.82) is 5.26 Å². The molecule has 0 saturated heterocycles. The van der Waals surface area contributed by atoms with E-state index in [0.717, 1.165) is 11.1 Å². The number of rotatable bonds is 4. The molecule has 0 radical (unpaired) electrons. The number of fused-ring (bicyclic) bond motifs is 1. The van der Waals surface area contributed by atoms with Crippen molar-refractivity contribution >= 4 is 11.5 Å². The molecule has 3 aromatic rings. The van der Waals surface area contributed by atoms with E-state index >= 15 is 0 Å². The average Bonchev–Trinajstić information content (AvgIpc) is 2.97. The van der Waals surface area contributed by atoms with E-state index < -0.39 is 5.97 Å². The summed E-state index contributed by atoms with van der Waals surface area (Å²) in [5, 5.41) is 16.0. The summed E-state index contributed by atoms with van der Waals surface area (Å²) in [5.74, 6) is 0.111. The van der Waals surface area contributed by atoms with Crippen molar-refractivity contribution in [2.24, 2.45) is 0 Å². The maximum atomic E-state index is 12.1. The smallest absolute Gasteiger partial charge is 0.317 e. The van der Waals surface area contributed by atoms with E-state index in [2.05, 4.69) is 36.3 Å². The molecule has 6 nitrogen and oxygen atoms in total. The van der Waals surface area contributed by atoms with Gasteiger partial charge < -0.3 is 9.14 Å². The van der Waals surface area contributed by atoms with E-state index in [0.29, 0.717) is 5.92 Å². The summed E-state index contributed by atoms with van der Waals surface area (Å²) in [6, 6.07) is 10.8. The normalized spacial score (nSPS) is 10.8. The second-order valence-corrected chi connectivity index (χ2v) is 5.77. The maximum absolute atomic E-state index is 12.1. The largest absolute Gasteiger partial charge is 0.406 e. The third kappa shape index (κ3) is 3.25. The van der Waals surface area contributed by atoms with Crippen LogP contribution in [0.5, 0.6) is 5.88 Å². The van der Waals surface area contributed by atoms with Crippen LogP contribution in [0.2, 0.25) is 0 Å². The van der Waals surface area contributed by atoms with Crippen LogP contribution in [0.4, 0.5) is 0 Å². The Morgan fingerprint density at radius 1 is 1.25 bits per heavy atom. The fraction of sp³-hybridized carbons (Fsp3) is 0.222. The second-order valence-electron chi connectivity index (χ2n) is 5.77. The first kappa shape index (κ1) is 15.7. The summed E-state index contributed by atoms with van der Waals surface area (Å²) in [6.45, 7) is 4.28. The number of nitriles is 1. The van der Waals surface area contributed by atoms with E-state index in [-0.39, 0.29) is 18.0 Å². The molecule has 0 bridgehead atoms. The molecule has 3 heterocycles. The van der Waals surface area contributed by atoms with Crippen LogP contribution < -0.4 is 4.74 Å². The first-order valence-corrected chi connectivity index (χ1v) is 7.61. The topological polar surface area (TPSA) is 80.3 Å². The molecule has 120 valence electrons. The Morgan fingerprint density at radius 2 is 2.08 bits per heavy atom. The zero-order valence-corrected chi connectivity index (χ0v) is 13.4. The molecule has 0 aliphatic rings. The van der Waals surface area contributed by atoms with Gasteiger partial charge in [0.25, 0.3) is 0 Å². The van der Waals surface area contributed by atoms with Gasteiger partial charge in [0.2, 0.25) is 5.88 Å². The van der Waals surface area contributed by atoms with Crippen LogP contribution in [0.3, 0.4) is 0 Å². The van der Waals surface area contributed by atoms with Crippen molar-refractivity contribution in [1.82, 2.24) is 14.6 Å². The van der Waals surface area contributed by atoms with Crippen molar-refractivity contribution in [2.45, 2.75) is 26.2 Å². The summed E-state index contributed by atoms with van der Waals surface area (Å²) in [6.07, 6.45) is 4.14. The van der Waals surface area contributed by atoms with E-state index in [4.69, 9.17) is 10.00 Å². The Balaban J connectivity index is 1.74. The van der Waals surface area contributed by atoms with Gasteiger partial charge in [-0.05, 0) is 35.2 Å². The Morgan fingerprint density at radius 3 is 2.75 bits per heavy atom. The van der Waals surface area contributed by atoms with Gasteiger partial charge in [-0.15, -0.1) is 10.2 Å². The lowest BCUT2D eigenvalue weighted by Gasteiger charge is -2.07. The fourth-order valence-corrected chi connectivity index (χ4v) is 2.42. The van der Waals surface area contributed by atoms with Gasteiger partial charge in [0.15, 0.2) is 5.69 Å². The second kappa shape index (κ2) is 6.50. The number of nitrogens with zero attached hydrogens (tertiary/aromatic N) is 4. The van der Waals surface area contributed by atoms with Gasteiger partial charge in [-0.2, -0.15) is 5.26 Å². The number of ether oxygens (including phenoxy) is 1. The molecule has 0 aliphatic carbocycles. The molecule has 0 atom stereocenters. The maximum Gasteiger partial charge on any atom is 0.317 e. The molecule has 0 N–H and O–H groups in total. The summed E-state index contributed by atoms with van der Waals surface area (Å²) in [7, 11) is 0. The standard InChI is InChI=1S/C18H16N4O2/c1-12(2)14-3-5-16-13(7-8-22(16)11-14)9-18(23)24-17-6-4-15(10-19)20-21-17/h3-8,11-12H,9H2,1-2H3. The van der Waals surface area contributed by atoms with Gasteiger partial charge in [-0.25, -0.2) is 0 Å². The molecule has 0 spiro atoms. The summed E-state index contributed by atoms with van der Waals surface area (Å²) >= 11 is 0. The molecule has 6 heteroatoms. The predicted molar refractivity (Wildman–Crippen MR) is 87.6 cm³/mol. The molecule has 0 aliphatic heterocycles. The molecule has 0 amide bonds. The quantitative estimate of drug-likeness (QED) is 0.691. The fourth-order valence-electron chi connectivity index (χ4n) is 2.42. The van der Waals surface area contributed by atoms with E-state index in [1.54, 1.807) is 0 Å². The predicted octanol–water partition coefficient (Wildman–Crippen LogP) is 2.87. The lowest BCUT2D eigenvalue weighted by Crippen LogP contribution is -2.12. The zero-order valence-electron chi connectivity index (χ0n) is 13.4. The Hall–Kier alpha value is -3.20. The van der Waals surface area contributed by atoms with Gasteiger partial charge in [-0.3, -0.25) is 4.79 Å². The number of esters is 1. The van der Waals surface area contributed by atoms with E-state index in [1.165, 1.54) is 17.7 Å². The van der Waals surface area contributed by atoms with Gasteiger partial charge in [0.1, 0.15) is 6.07 Å². The number of carbonyl (C=O) groups is 1. The minimum atomic E-state index is -0.421. The van der Waals surface area contributed by atoms with Crippen molar-refractivity contribution in [3.63, 3.8) is 0 Å². The zero-order chi connectivity index (χ0) is 17.1. The first-order valence-electron chi connectivity index (χ1n) is 7.61. The number of hydrogen-bond donors (Lipinski definition) is 0. The molecule has 0 aromatic carbocycles. The van der Waals surface area contributed by atoms with Gasteiger partial charge >= 0.3 is 5.97 Å². The SMILES string of the molecule is CC(C)c1ccc2c(CC(=O)Oc3ccc(C#N)nn3)ccn2c1.